The highest BCUT2D eigenvalue weighted by Gasteiger charge is 2.14. The first-order valence-corrected chi connectivity index (χ1v) is 6.03. The van der Waals surface area contributed by atoms with E-state index in [-0.39, 0.29) is 0 Å². The van der Waals surface area contributed by atoms with Gasteiger partial charge in [0, 0.05) is 0 Å². The van der Waals surface area contributed by atoms with Crippen LogP contribution in [0, 0.1) is 0 Å². The average molecular weight is 270 g/mol. The maximum atomic E-state index is 11.7. The topological polar surface area (TPSA) is 52.6 Å². The zero-order chi connectivity index (χ0) is 14.5. The van der Waals surface area contributed by atoms with Gasteiger partial charge in [0.05, 0.1) is 25.3 Å². The number of benzene rings is 2. The highest BCUT2D eigenvalue weighted by molar-refractivity contribution is 5.97. The molecule has 0 N–H and O–H groups in total. The van der Waals surface area contributed by atoms with Crippen molar-refractivity contribution in [2.24, 2.45) is 0 Å². The van der Waals surface area contributed by atoms with Crippen LogP contribution in [0.1, 0.15) is 20.7 Å². The summed E-state index contributed by atoms with van der Waals surface area (Å²) < 4.78 is 9.41. The molecular weight excluding hydrogens is 256 g/mol. The van der Waals surface area contributed by atoms with Gasteiger partial charge in [0.1, 0.15) is 0 Å². The van der Waals surface area contributed by atoms with E-state index in [9.17, 15) is 9.59 Å². The van der Waals surface area contributed by atoms with Gasteiger partial charge in [-0.15, -0.1) is 0 Å². The van der Waals surface area contributed by atoms with Crippen molar-refractivity contribution in [1.29, 1.82) is 0 Å². The number of carbonyl (C=O) groups excluding carboxylic acids is 2. The summed E-state index contributed by atoms with van der Waals surface area (Å²) >= 11 is 0. The fourth-order valence-corrected chi connectivity index (χ4v) is 1.90. The van der Waals surface area contributed by atoms with Crippen molar-refractivity contribution in [2.45, 2.75) is 0 Å². The molecule has 0 aliphatic heterocycles. The number of esters is 2. The predicted octanol–water partition coefficient (Wildman–Crippen LogP) is 2.93. The van der Waals surface area contributed by atoms with E-state index >= 15 is 0 Å². The molecule has 0 unspecified atom stereocenters. The van der Waals surface area contributed by atoms with E-state index in [1.807, 2.05) is 30.3 Å². The Labute approximate surface area is 116 Å². The molecule has 2 aromatic carbocycles. The van der Waals surface area contributed by atoms with Gasteiger partial charge in [0.2, 0.25) is 0 Å². The highest BCUT2D eigenvalue weighted by atomic mass is 16.5. The Morgan fingerprint density at radius 3 is 1.70 bits per heavy atom. The minimum Gasteiger partial charge on any atom is -0.465 e. The largest absolute Gasteiger partial charge is 0.465 e. The zero-order valence-corrected chi connectivity index (χ0v) is 11.3. The van der Waals surface area contributed by atoms with Crippen molar-refractivity contribution < 1.29 is 19.1 Å². The lowest BCUT2D eigenvalue weighted by Crippen LogP contribution is -2.07. The van der Waals surface area contributed by atoms with Gasteiger partial charge in [-0.1, -0.05) is 30.3 Å². The van der Waals surface area contributed by atoms with Crippen molar-refractivity contribution in [1.82, 2.24) is 0 Å². The van der Waals surface area contributed by atoms with Gasteiger partial charge in [-0.2, -0.15) is 0 Å². The van der Waals surface area contributed by atoms with Crippen molar-refractivity contribution in [3.8, 4) is 11.1 Å². The standard InChI is InChI=1S/C16H14O4/c1-19-15(17)13-8-12(11-6-4-3-5-7-11)9-14(10-13)16(18)20-2/h3-10H,1-2H3. The SMILES string of the molecule is COC(=O)c1cc(C(=O)OC)cc(-c2ccccc2)c1. The Bertz CT molecular complexity index is 598. The van der Waals surface area contributed by atoms with Crippen LogP contribution >= 0.6 is 0 Å². The molecule has 0 heterocycles. The lowest BCUT2D eigenvalue weighted by Gasteiger charge is -2.08. The minimum absolute atomic E-state index is 0.314. The second-order valence-corrected chi connectivity index (χ2v) is 4.15. The smallest absolute Gasteiger partial charge is 0.337 e. The molecule has 0 radical (unpaired) electrons. The summed E-state index contributed by atoms with van der Waals surface area (Å²) in [6.45, 7) is 0. The molecule has 0 aromatic heterocycles. The summed E-state index contributed by atoms with van der Waals surface area (Å²) in [4.78, 5) is 23.4. The lowest BCUT2D eigenvalue weighted by atomic mass is 10.00. The summed E-state index contributed by atoms with van der Waals surface area (Å²) in [6, 6.07) is 14.3. The lowest BCUT2D eigenvalue weighted by molar-refractivity contribution is 0.0599. The Balaban J connectivity index is 2.57. The molecule has 0 spiro atoms. The number of hydrogen-bond acceptors (Lipinski definition) is 4. The van der Waals surface area contributed by atoms with E-state index in [0.717, 1.165) is 11.1 Å². The quantitative estimate of drug-likeness (QED) is 0.805. The molecule has 0 aliphatic carbocycles. The normalized spacial score (nSPS) is 9.90. The third-order valence-corrected chi connectivity index (χ3v) is 2.88. The van der Waals surface area contributed by atoms with Crippen LogP contribution in [0.2, 0.25) is 0 Å². The van der Waals surface area contributed by atoms with E-state index in [2.05, 4.69) is 0 Å². The number of carbonyl (C=O) groups is 2. The van der Waals surface area contributed by atoms with E-state index in [1.54, 1.807) is 12.1 Å². The molecule has 0 saturated heterocycles. The van der Waals surface area contributed by atoms with Gasteiger partial charge < -0.3 is 9.47 Å². The second-order valence-electron chi connectivity index (χ2n) is 4.15. The van der Waals surface area contributed by atoms with Crippen molar-refractivity contribution in [3.05, 3.63) is 59.7 Å². The Morgan fingerprint density at radius 1 is 0.750 bits per heavy atom. The Hall–Kier alpha value is -2.62. The van der Waals surface area contributed by atoms with E-state index in [4.69, 9.17) is 9.47 Å². The van der Waals surface area contributed by atoms with Crippen LogP contribution in [0.15, 0.2) is 48.5 Å². The maximum Gasteiger partial charge on any atom is 0.337 e. The molecule has 2 aromatic rings. The van der Waals surface area contributed by atoms with Gasteiger partial charge in [0.25, 0.3) is 0 Å². The zero-order valence-electron chi connectivity index (χ0n) is 11.3. The predicted molar refractivity (Wildman–Crippen MR) is 74.6 cm³/mol. The maximum absolute atomic E-state index is 11.7. The van der Waals surface area contributed by atoms with Crippen LogP contribution in [0.25, 0.3) is 11.1 Å². The third-order valence-electron chi connectivity index (χ3n) is 2.88. The van der Waals surface area contributed by atoms with Crippen LogP contribution in [0.3, 0.4) is 0 Å². The van der Waals surface area contributed by atoms with Gasteiger partial charge in [-0.3, -0.25) is 0 Å². The summed E-state index contributed by atoms with van der Waals surface area (Å²) in [6.07, 6.45) is 0. The Morgan fingerprint density at radius 2 is 1.25 bits per heavy atom. The fourth-order valence-electron chi connectivity index (χ4n) is 1.90. The third kappa shape index (κ3) is 2.85. The molecule has 0 amide bonds. The summed E-state index contributed by atoms with van der Waals surface area (Å²) in [5.74, 6) is -0.985. The van der Waals surface area contributed by atoms with Gasteiger partial charge in [-0.05, 0) is 29.3 Å². The van der Waals surface area contributed by atoms with Crippen molar-refractivity contribution >= 4 is 11.9 Å². The van der Waals surface area contributed by atoms with Crippen molar-refractivity contribution in [3.63, 3.8) is 0 Å². The van der Waals surface area contributed by atoms with Crippen molar-refractivity contribution in [2.75, 3.05) is 14.2 Å². The fraction of sp³-hybridized carbons (Fsp3) is 0.125. The number of ether oxygens (including phenoxy) is 2. The first-order chi connectivity index (χ1) is 9.65. The van der Waals surface area contributed by atoms with Crippen LogP contribution in [0.5, 0.6) is 0 Å². The van der Waals surface area contributed by atoms with Crippen LogP contribution < -0.4 is 0 Å². The monoisotopic (exact) mass is 270 g/mol. The number of methoxy groups -OCH3 is 2. The average Bonchev–Trinajstić information content (AvgIpc) is 2.53. The Kier molecular flexibility index (Phi) is 4.15. The molecule has 102 valence electrons. The van der Waals surface area contributed by atoms with E-state index in [1.165, 1.54) is 20.3 Å². The summed E-state index contributed by atoms with van der Waals surface area (Å²) in [5, 5.41) is 0. The first kappa shape index (κ1) is 13.8. The van der Waals surface area contributed by atoms with Gasteiger partial charge in [0.15, 0.2) is 0 Å². The molecular formula is C16H14O4. The number of hydrogen-bond donors (Lipinski definition) is 0. The second kappa shape index (κ2) is 6.02. The molecule has 0 aliphatic rings. The first-order valence-electron chi connectivity index (χ1n) is 6.03. The minimum atomic E-state index is -0.493. The molecule has 0 atom stereocenters. The van der Waals surface area contributed by atoms with Crippen LogP contribution in [-0.4, -0.2) is 26.2 Å². The molecule has 0 bridgehead atoms. The molecule has 2 rings (SSSR count). The molecule has 0 saturated carbocycles. The molecule has 20 heavy (non-hydrogen) atoms. The summed E-state index contributed by atoms with van der Waals surface area (Å²) in [5.41, 5.74) is 2.29. The van der Waals surface area contributed by atoms with E-state index in [0.29, 0.717) is 11.1 Å². The molecule has 0 fully saturated rings. The molecule has 4 nitrogen and oxygen atoms in total. The molecule has 4 heteroatoms. The summed E-state index contributed by atoms with van der Waals surface area (Å²) in [7, 11) is 2.60. The van der Waals surface area contributed by atoms with E-state index < -0.39 is 11.9 Å². The van der Waals surface area contributed by atoms with Gasteiger partial charge in [-0.25, -0.2) is 9.59 Å². The van der Waals surface area contributed by atoms with Crippen LogP contribution in [-0.2, 0) is 9.47 Å². The highest BCUT2D eigenvalue weighted by Crippen LogP contribution is 2.23. The number of rotatable bonds is 3. The van der Waals surface area contributed by atoms with Crippen LogP contribution in [0.4, 0.5) is 0 Å². The van der Waals surface area contributed by atoms with Gasteiger partial charge >= 0.3 is 11.9 Å².